The molecule has 0 aliphatic carbocycles. The maximum absolute atomic E-state index is 11.3. The zero-order chi connectivity index (χ0) is 12.3. The van der Waals surface area contributed by atoms with Gasteiger partial charge in [-0.05, 0) is 18.6 Å². The van der Waals surface area contributed by atoms with Gasteiger partial charge in [0.2, 0.25) is 11.7 Å². The monoisotopic (exact) mass is 236 g/mol. The molecule has 0 N–H and O–H groups in total. The van der Waals surface area contributed by atoms with Crippen LogP contribution in [0, 0.1) is 6.92 Å². The number of hydrogen-bond acceptors (Lipinski definition) is 6. The standard InChI is InChI=1S/C11H12N2O4/c1-7-3-4-16-10(7)11-12-9(17-13-11)5-8(14)6-15-2/h3-4H,5-6H2,1-2H3. The highest BCUT2D eigenvalue weighted by molar-refractivity contribution is 5.81. The largest absolute Gasteiger partial charge is 0.461 e. The molecule has 0 fully saturated rings. The van der Waals surface area contributed by atoms with Gasteiger partial charge in [0, 0.05) is 7.11 Å². The van der Waals surface area contributed by atoms with E-state index < -0.39 is 0 Å². The predicted molar refractivity (Wildman–Crippen MR) is 57.3 cm³/mol. The van der Waals surface area contributed by atoms with Gasteiger partial charge in [-0.25, -0.2) is 0 Å². The number of carbonyl (C=O) groups is 1. The summed E-state index contributed by atoms with van der Waals surface area (Å²) in [5.74, 6) is 1.06. The van der Waals surface area contributed by atoms with Crippen LogP contribution < -0.4 is 0 Å². The van der Waals surface area contributed by atoms with E-state index in [4.69, 9.17) is 13.7 Å². The van der Waals surface area contributed by atoms with Crippen LogP contribution >= 0.6 is 0 Å². The van der Waals surface area contributed by atoms with Gasteiger partial charge in [0.15, 0.2) is 11.5 Å². The minimum absolute atomic E-state index is 0.0392. The molecule has 0 saturated carbocycles. The predicted octanol–water partition coefficient (Wildman–Crippen LogP) is 1.40. The average Bonchev–Trinajstić information content (AvgIpc) is 2.87. The number of aryl methyl sites for hydroxylation is 1. The molecule has 0 bridgehead atoms. The van der Waals surface area contributed by atoms with Gasteiger partial charge in [-0.15, -0.1) is 0 Å². The zero-order valence-corrected chi connectivity index (χ0v) is 9.60. The van der Waals surface area contributed by atoms with Gasteiger partial charge in [0.25, 0.3) is 0 Å². The maximum atomic E-state index is 11.3. The molecule has 6 heteroatoms. The van der Waals surface area contributed by atoms with Crippen LogP contribution in [0.15, 0.2) is 21.3 Å². The van der Waals surface area contributed by atoms with Gasteiger partial charge < -0.3 is 13.7 Å². The van der Waals surface area contributed by atoms with Gasteiger partial charge in [0.1, 0.15) is 6.61 Å². The van der Waals surface area contributed by atoms with E-state index >= 15 is 0 Å². The van der Waals surface area contributed by atoms with E-state index in [1.54, 1.807) is 12.3 Å². The molecule has 0 aliphatic heterocycles. The Hall–Kier alpha value is -1.95. The lowest BCUT2D eigenvalue weighted by Gasteiger charge is -1.93. The van der Waals surface area contributed by atoms with Crippen molar-refractivity contribution in [2.45, 2.75) is 13.3 Å². The molecule has 2 aromatic rings. The molecule has 0 spiro atoms. The van der Waals surface area contributed by atoms with Gasteiger partial charge in [-0.1, -0.05) is 5.16 Å². The van der Waals surface area contributed by atoms with E-state index in [0.717, 1.165) is 5.56 Å². The van der Waals surface area contributed by atoms with Crippen molar-refractivity contribution in [3.05, 3.63) is 23.8 Å². The second kappa shape index (κ2) is 4.92. The number of rotatable bonds is 5. The molecule has 0 aromatic carbocycles. The Labute approximate surface area is 97.6 Å². The molecule has 2 rings (SSSR count). The quantitative estimate of drug-likeness (QED) is 0.780. The Morgan fingerprint density at radius 1 is 1.53 bits per heavy atom. The fourth-order valence-corrected chi connectivity index (χ4v) is 1.40. The minimum Gasteiger partial charge on any atom is -0.461 e. The molecule has 2 heterocycles. The number of furan rings is 1. The number of nitrogens with zero attached hydrogens (tertiary/aromatic N) is 2. The Morgan fingerprint density at radius 2 is 2.35 bits per heavy atom. The van der Waals surface area contributed by atoms with Gasteiger partial charge >= 0.3 is 0 Å². The summed E-state index contributed by atoms with van der Waals surface area (Å²) in [6.07, 6.45) is 1.62. The number of ketones is 1. The summed E-state index contributed by atoms with van der Waals surface area (Å²) < 4.78 is 14.9. The molecule has 0 saturated heterocycles. The molecule has 0 atom stereocenters. The summed E-state index contributed by atoms with van der Waals surface area (Å²) in [4.78, 5) is 15.4. The van der Waals surface area contributed by atoms with E-state index in [1.165, 1.54) is 7.11 Å². The third-order valence-electron chi connectivity index (χ3n) is 2.19. The zero-order valence-electron chi connectivity index (χ0n) is 9.60. The van der Waals surface area contributed by atoms with Crippen molar-refractivity contribution < 1.29 is 18.5 Å². The minimum atomic E-state index is -0.112. The van der Waals surface area contributed by atoms with Gasteiger partial charge in [-0.3, -0.25) is 4.79 Å². The van der Waals surface area contributed by atoms with Crippen molar-refractivity contribution in [2.24, 2.45) is 0 Å². The Bertz CT molecular complexity index is 515. The molecule has 17 heavy (non-hydrogen) atoms. The second-order valence-electron chi connectivity index (χ2n) is 3.59. The third kappa shape index (κ3) is 2.59. The fraction of sp³-hybridized carbons (Fsp3) is 0.364. The molecular weight excluding hydrogens is 224 g/mol. The van der Waals surface area contributed by atoms with E-state index in [9.17, 15) is 4.79 Å². The van der Waals surface area contributed by atoms with E-state index in [1.807, 2.05) is 6.92 Å². The van der Waals surface area contributed by atoms with Crippen LogP contribution in [0.3, 0.4) is 0 Å². The summed E-state index contributed by atoms with van der Waals surface area (Å²) in [6.45, 7) is 1.92. The highest BCUT2D eigenvalue weighted by Crippen LogP contribution is 2.21. The molecule has 0 amide bonds. The van der Waals surface area contributed by atoms with Crippen LogP contribution in [0.4, 0.5) is 0 Å². The van der Waals surface area contributed by atoms with Crippen molar-refractivity contribution in [1.29, 1.82) is 0 Å². The molecule has 90 valence electrons. The summed E-state index contributed by atoms with van der Waals surface area (Å²) in [5.41, 5.74) is 0.917. The van der Waals surface area contributed by atoms with Crippen LogP contribution in [0.2, 0.25) is 0 Å². The number of ether oxygens (including phenoxy) is 1. The maximum Gasteiger partial charge on any atom is 0.238 e. The smallest absolute Gasteiger partial charge is 0.238 e. The lowest BCUT2D eigenvalue weighted by molar-refractivity contribution is -0.122. The Morgan fingerprint density at radius 3 is 3.00 bits per heavy atom. The lowest BCUT2D eigenvalue weighted by atomic mass is 10.2. The number of Topliss-reactive ketones (excluding diaryl/α,β-unsaturated/α-hetero) is 1. The van der Waals surface area contributed by atoms with Crippen LogP contribution in [0.1, 0.15) is 11.5 Å². The van der Waals surface area contributed by atoms with Crippen molar-refractivity contribution in [2.75, 3.05) is 13.7 Å². The molecule has 0 radical (unpaired) electrons. The van der Waals surface area contributed by atoms with Crippen LogP contribution in [0.25, 0.3) is 11.6 Å². The van der Waals surface area contributed by atoms with Crippen LogP contribution in [0.5, 0.6) is 0 Å². The first-order valence-electron chi connectivity index (χ1n) is 5.08. The first-order chi connectivity index (χ1) is 8.20. The van der Waals surface area contributed by atoms with E-state index in [0.29, 0.717) is 11.6 Å². The van der Waals surface area contributed by atoms with Crippen molar-refractivity contribution >= 4 is 5.78 Å². The molecule has 2 aromatic heterocycles. The van der Waals surface area contributed by atoms with Gasteiger partial charge in [0.05, 0.1) is 12.7 Å². The SMILES string of the molecule is COCC(=O)Cc1nc(-c2occc2C)no1. The van der Waals surface area contributed by atoms with Crippen molar-refractivity contribution in [3.63, 3.8) is 0 Å². The Kier molecular flexibility index (Phi) is 3.34. The average molecular weight is 236 g/mol. The summed E-state index contributed by atoms with van der Waals surface area (Å²) in [6, 6.07) is 1.81. The first kappa shape index (κ1) is 11.5. The normalized spacial score (nSPS) is 10.7. The number of aromatic nitrogens is 2. The molecule has 0 unspecified atom stereocenters. The first-order valence-corrected chi connectivity index (χ1v) is 5.08. The van der Waals surface area contributed by atoms with Crippen LogP contribution in [-0.2, 0) is 16.0 Å². The second-order valence-corrected chi connectivity index (χ2v) is 3.59. The van der Waals surface area contributed by atoms with E-state index in [2.05, 4.69) is 10.1 Å². The number of methoxy groups -OCH3 is 1. The summed E-state index contributed by atoms with van der Waals surface area (Å²) >= 11 is 0. The molecule has 0 aliphatic rings. The highest BCUT2D eigenvalue weighted by Gasteiger charge is 2.15. The fourth-order valence-electron chi connectivity index (χ4n) is 1.40. The van der Waals surface area contributed by atoms with Crippen LogP contribution in [-0.4, -0.2) is 29.6 Å². The van der Waals surface area contributed by atoms with Crippen molar-refractivity contribution in [1.82, 2.24) is 10.1 Å². The third-order valence-corrected chi connectivity index (χ3v) is 2.19. The topological polar surface area (TPSA) is 78.4 Å². The van der Waals surface area contributed by atoms with Crippen molar-refractivity contribution in [3.8, 4) is 11.6 Å². The summed E-state index contributed by atoms with van der Waals surface area (Å²) in [7, 11) is 1.46. The molecular formula is C11H12N2O4. The summed E-state index contributed by atoms with van der Waals surface area (Å²) in [5, 5.41) is 3.76. The number of hydrogen-bond donors (Lipinski definition) is 0. The van der Waals surface area contributed by atoms with E-state index in [-0.39, 0.29) is 24.7 Å². The number of carbonyl (C=O) groups excluding carboxylic acids is 1. The van der Waals surface area contributed by atoms with Gasteiger partial charge in [-0.2, -0.15) is 4.98 Å². The lowest BCUT2D eigenvalue weighted by Crippen LogP contribution is -2.09. The Balaban J connectivity index is 2.11. The molecule has 6 nitrogen and oxygen atoms in total. The highest BCUT2D eigenvalue weighted by atomic mass is 16.5.